The minimum atomic E-state index is -0.547. The Labute approximate surface area is 176 Å². The summed E-state index contributed by atoms with van der Waals surface area (Å²) in [4.78, 5) is 12.5. The molecule has 0 radical (unpaired) electrons. The summed E-state index contributed by atoms with van der Waals surface area (Å²) in [7, 11) is 0. The minimum absolute atomic E-state index is 0.369. The van der Waals surface area contributed by atoms with Crippen LogP contribution in [-0.4, -0.2) is 11.2 Å². The minimum Gasteiger partial charge on any atom is -0.441 e. The summed E-state index contributed by atoms with van der Waals surface area (Å²) in [5.41, 5.74) is 5.39. The third-order valence-electron chi connectivity index (χ3n) is 5.17. The van der Waals surface area contributed by atoms with E-state index in [2.05, 4.69) is 40.8 Å². The quantitative estimate of drug-likeness (QED) is 0.518. The maximum Gasteiger partial charge on any atom is 0.412 e. The molecule has 152 valence electrons. The molecule has 1 heterocycles. The molecule has 1 atom stereocenters. The molecule has 1 amide bonds. The lowest BCUT2D eigenvalue weighted by molar-refractivity contribution is 0.121. The molecule has 30 heavy (non-hydrogen) atoms. The second-order valence-corrected chi connectivity index (χ2v) is 7.29. The summed E-state index contributed by atoms with van der Waals surface area (Å²) in [6, 6.07) is 17.7. The van der Waals surface area contributed by atoms with E-state index in [1.807, 2.05) is 49.4 Å². The smallest absolute Gasteiger partial charge is 0.412 e. The van der Waals surface area contributed by atoms with Gasteiger partial charge in [-0.1, -0.05) is 78.0 Å². The number of nitrogens with zero attached hydrogens (tertiary/aromatic N) is 1. The first-order valence-corrected chi connectivity index (χ1v) is 10.1. The molecule has 0 saturated carbocycles. The van der Waals surface area contributed by atoms with E-state index in [1.165, 1.54) is 11.1 Å². The zero-order chi connectivity index (χ0) is 20.9. The first-order chi connectivity index (χ1) is 14.6. The number of aromatic nitrogens is 1. The standard InChI is InChI=1S/C25H24N2O3/c1-17-23(26-25(28)29-18(2)19-9-5-3-6-10-19)24(30-27-17)22-15-13-21(14-16-22)20-11-7-4-8-12-20/h3-7,9-11,13-16,18H,8,12H2,1-2H3,(H,26,28)/t18-/m1/s1. The van der Waals surface area contributed by atoms with Gasteiger partial charge in [0.15, 0.2) is 5.76 Å². The highest BCUT2D eigenvalue weighted by Gasteiger charge is 2.20. The lowest BCUT2D eigenvalue weighted by atomic mass is 9.96. The number of anilines is 1. The third kappa shape index (κ3) is 4.35. The number of rotatable bonds is 5. The summed E-state index contributed by atoms with van der Waals surface area (Å²) in [5, 5.41) is 6.83. The van der Waals surface area contributed by atoms with Gasteiger partial charge in [0.2, 0.25) is 0 Å². The fourth-order valence-corrected chi connectivity index (χ4v) is 3.48. The SMILES string of the molecule is Cc1noc(-c2ccc(C3=CC=CCC3)cc2)c1NC(=O)O[C@H](C)c1ccccc1. The molecular formula is C25H24N2O3. The van der Waals surface area contributed by atoms with Crippen LogP contribution in [0, 0.1) is 6.92 Å². The van der Waals surface area contributed by atoms with Gasteiger partial charge in [0.25, 0.3) is 0 Å². The Morgan fingerprint density at radius 3 is 2.53 bits per heavy atom. The third-order valence-corrected chi connectivity index (χ3v) is 5.17. The van der Waals surface area contributed by atoms with Crippen molar-refractivity contribution in [1.82, 2.24) is 5.16 Å². The van der Waals surface area contributed by atoms with Crippen LogP contribution in [0.4, 0.5) is 10.5 Å². The van der Waals surface area contributed by atoms with Gasteiger partial charge in [-0.2, -0.15) is 0 Å². The second-order valence-electron chi connectivity index (χ2n) is 7.29. The molecule has 0 saturated heterocycles. The molecule has 0 fully saturated rings. The Balaban J connectivity index is 1.49. The van der Waals surface area contributed by atoms with Crippen LogP contribution in [0.5, 0.6) is 0 Å². The lowest BCUT2D eigenvalue weighted by Gasteiger charge is -2.14. The summed E-state index contributed by atoms with van der Waals surface area (Å²) in [6.07, 6.45) is 7.60. The normalized spacial score (nSPS) is 14.1. The average Bonchev–Trinajstić information content (AvgIpc) is 3.15. The van der Waals surface area contributed by atoms with Gasteiger partial charge in [-0.05, 0) is 43.4 Å². The molecule has 5 nitrogen and oxygen atoms in total. The summed E-state index contributed by atoms with van der Waals surface area (Å²) in [6.45, 7) is 3.63. The van der Waals surface area contributed by atoms with Gasteiger partial charge in [-0.15, -0.1) is 0 Å². The fraction of sp³-hybridized carbons (Fsp3) is 0.200. The number of hydrogen-bond donors (Lipinski definition) is 1. The molecular weight excluding hydrogens is 376 g/mol. The van der Waals surface area contributed by atoms with Crippen LogP contribution in [0.15, 0.2) is 77.3 Å². The highest BCUT2D eigenvalue weighted by Crippen LogP contribution is 2.33. The van der Waals surface area contributed by atoms with Crippen molar-refractivity contribution >= 4 is 17.4 Å². The van der Waals surface area contributed by atoms with Crippen molar-refractivity contribution in [3.8, 4) is 11.3 Å². The van der Waals surface area contributed by atoms with Crippen molar-refractivity contribution in [2.75, 3.05) is 5.32 Å². The molecule has 4 rings (SSSR count). The Bertz CT molecular complexity index is 1080. The van der Waals surface area contributed by atoms with Gasteiger partial charge in [-0.3, -0.25) is 5.32 Å². The Kier molecular flexibility index (Phi) is 5.80. The Hall–Kier alpha value is -3.60. The number of hydrogen-bond acceptors (Lipinski definition) is 4. The van der Waals surface area contributed by atoms with Crippen LogP contribution < -0.4 is 5.32 Å². The molecule has 0 bridgehead atoms. The van der Waals surface area contributed by atoms with E-state index in [-0.39, 0.29) is 6.10 Å². The molecule has 2 aromatic carbocycles. The Morgan fingerprint density at radius 2 is 1.83 bits per heavy atom. The predicted octanol–water partition coefficient (Wildman–Crippen LogP) is 6.69. The molecule has 1 aromatic heterocycles. The van der Waals surface area contributed by atoms with Gasteiger partial charge in [0.1, 0.15) is 17.5 Å². The fourth-order valence-electron chi connectivity index (χ4n) is 3.48. The van der Waals surface area contributed by atoms with Gasteiger partial charge < -0.3 is 9.26 Å². The van der Waals surface area contributed by atoms with Gasteiger partial charge >= 0.3 is 6.09 Å². The number of benzene rings is 2. The van der Waals surface area contributed by atoms with E-state index in [4.69, 9.17) is 9.26 Å². The molecule has 1 aliphatic rings. The van der Waals surface area contributed by atoms with Crippen molar-refractivity contribution in [2.24, 2.45) is 0 Å². The predicted molar refractivity (Wildman–Crippen MR) is 118 cm³/mol. The topological polar surface area (TPSA) is 64.4 Å². The van der Waals surface area contributed by atoms with Crippen LogP contribution in [0.2, 0.25) is 0 Å². The number of allylic oxidation sites excluding steroid dienone is 4. The monoisotopic (exact) mass is 400 g/mol. The van der Waals surface area contributed by atoms with Crippen molar-refractivity contribution in [3.63, 3.8) is 0 Å². The molecule has 1 N–H and O–H groups in total. The molecule has 5 heteroatoms. The number of carbonyl (C=O) groups is 1. The van der Waals surface area contributed by atoms with Crippen LogP contribution in [-0.2, 0) is 4.74 Å². The van der Waals surface area contributed by atoms with E-state index in [9.17, 15) is 4.79 Å². The number of nitrogens with one attached hydrogen (secondary N) is 1. The Morgan fingerprint density at radius 1 is 1.10 bits per heavy atom. The van der Waals surface area contributed by atoms with E-state index >= 15 is 0 Å². The molecule has 3 aromatic rings. The van der Waals surface area contributed by atoms with Crippen molar-refractivity contribution in [3.05, 3.63) is 89.6 Å². The molecule has 0 unspecified atom stereocenters. The maximum absolute atomic E-state index is 12.5. The van der Waals surface area contributed by atoms with E-state index < -0.39 is 6.09 Å². The average molecular weight is 400 g/mol. The van der Waals surface area contributed by atoms with E-state index in [0.717, 1.165) is 24.0 Å². The highest BCUT2D eigenvalue weighted by atomic mass is 16.6. The van der Waals surface area contributed by atoms with Crippen molar-refractivity contribution < 1.29 is 14.1 Å². The van der Waals surface area contributed by atoms with Crippen LogP contribution in [0.25, 0.3) is 16.9 Å². The largest absolute Gasteiger partial charge is 0.441 e. The number of ether oxygens (including phenoxy) is 1. The summed E-state index contributed by atoms with van der Waals surface area (Å²) < 4.78 is 11.0. The number of amides is 1. The van der Waals surface area contributed by atoms with Crippen LogP contribution in [0.1, 0.15) is 42.7 Å². The summed E-state index contributed by atoms with van der Waals surface area (Å²) >= 11 is 0. The zero-order valence-electron chi connectivity index (χ0n) is 17.1. The highest BCUT2D eigenvalue weighted by molar-refractivity contribution is 5.91. The second kappa shape index (κ2) is 8.82. The van der Waals surface area contributed by atoms with Gasteiger partial charge in [0, 0.05) is 5.56 Å². The number of aryl methyl sites for hydroxylation is 1. The van der Waals surface area contributed by atoms with Crippen LogP contribution >= 0.6 is 0 Å². The van der Waals surface area contributed by atoms with Crippen LogP contribution in [0.3, 0.4) is 0 Å². The molecule has 1 aliphatic carbocycles. The van der Waals surface area contributed by atoms with Crippen molar-refractivity contribution in [1.29, 1.82) is 0 Å². The molecule has 0 aliphatic heterocycles. The van der Waals surface area contributed by atoms with E-state index in [0.29, 0.717) is 17.1 Å². The zero-order valence-corrected chi connectivity index (χ0v) is 17.1. The first-order valence-electron chi connectivity index (χ1n) is 10.1. The first kappa shape index (κ1) is 19.7. The van der Waals surface area contributed by atoms with Gasteiger partial charge in [0.05, 0.1) is 0 Å². The van der Waals surface area contributed by atoms with Crippen molar-refractivity contribution in [2.45, 2.75) is 32.8 Å². The summed E-state index contributed by atoms with van der Waals surface area (Å²) in [5.74, 6) is 0.515. The maximum atomic E-state index is 12.5. The number of carbonyl (C=O) groups excluding carboxylic acids is 1. The lowest BCUT2D eigenvalue weighted by Crippen LogP contribution is -2.16. The molecule has 0 spiro atoms. The van der Waals surface area contributed by atoms with Gasteiger partial charge in [-0.25, -0.2) is 4.79 Å². The van der Waals surface area contributed by atoms with E-state index in [1.54, 1.807) is 6.92 Å².